The first-order valence-corrected chi connectivity index (χ1v) is 8.17. The summed E-state index contributed by atoms with van der Waals surface area (Å²) in [4.78, 5) is 27.2. The molecule has 1 N–H and O–H groups in total. The lowest BCUT2D eigenvalue weighted by molar-refractivity contribution is -0.134. The first-order valence-electron chi connectivity index (χ1n) is 7.80. The zero-order valence-electron chi connectivity index (χ0n) is 14.1. The third-order valence-electron chi connectivity index (χ3n) is 3.46. The van der Waals surface area contributed by atoms with Crippen molar-refractivity contribution in [1.29, 1.82) is 0 Å². The van der Waals surface area contributed by atoms with Crippen LogP contribution in [0.5, 0.6) is 0 Å². The molecular formula is C17H26ClN3O2. The molecule has 1 rings (SSSR count). The van der Waals surface area contributed by atoms with Crippen LogP contribution in [0, 0.1) is 0 Å². The van der Waals surface area contributed by atoms with Gasteiger partial charge in [0, 0.05) is 25.0 Å². The van der Waals surface area contributed by atoms with Crippen molar-refractivity contribution < 1.29 is 9.59 Å². The Hall–Kier alpha value is -1.59. The summed E-state index contributed by atoms with van der Waals surface area (Å²) in [5, 5.41) is 3.56. The summed E-state index contributed by atoms with van der Waals surface area (Å²) in [6.07, 6.45) is 1.59. The van der Waals surface area contributed by atoms with E-state index in [-0.39, 0.29) is 18.4 Å². The summed E-state index contributed by atoms with van der Waals surface area (Å²) in [7, 11) is 3.98. The number of nitrogens with zero attached hydrogens (tertiary/aromatic N) is 2. The number of rotatable bonds is 9. The van der Waals surface area contributed by atoms with Crippen molar-refractivity contribution in [2.24, 2.45) is 0 Å². The molecule has 0 aliphatic rings. The predicted molar refractivity (Wildman–Crippen MR) is 93.6 cm³/mol. The van der Waals surface area contributed by atoms with Gasteiger partial charge in [0.15, 0.2) is 0 Å². The topological polar surface area (TPSA) is 52.7 Å². The van der Waals surface area contributed by atoms with E-state index in [1.165, 1.54) is 6.92 Å². The zero-order chi connectivity index (χ0) is 17.2. The monoisotopic (exact) mass is 339 g/mol. The Labute approximate surface area is 143 Å². The van der Waals surface area contributed by atoms with E-state index >= 15 is 0 Å². The summed E-state index contributed by atoms with van der Waals surface area (Å²) in [5.41, 5.74) is 1.11. The van der Waals surface area contributed by atoms with Gasteiger partial charge in [-0.3, -0.25) is 9.59 Å². The Morgan fingerprint density at radius 3 is 2.35 bits per heavy atom. The molecule has 0 spiro atoms. The standard InChI is InChI=1S/C17H26ClN3O2/c1-14(22)21(12-4-11-20(2)3)13-17(23)19-10-9-15-5-7-16(18)8-6-15/h5-8H,4,9-13H2,1-3H3,(H,19,23). The number of carbonyl (C=O) groups is 2. The SMILES string of the molecule is CC(=O)N(CCCN(C)C)CC(=O)NCCc1ccc(Cl)cc1. The third-order valence-corrected chi connectivity index (χ3v) is 3.71. The second-order valence-corrected chi connectivity index (χ2v) is 6.26. The quantitative estimate of drug-likeness (QED) is 0.746. The molecule has 0 radical (unpaired) electrons. The molecule has 0 heterocycles. The van der Waals surface area contributed by atoms with Crippen LogP contribution >= 0.6 is 11.6 Å². The molecule has 5 nitrogen and oxygen atoms in total. The van der Waals surface area contributed by atoms with Gasteiger partial charge in [0.1, 0.15) is 0 Å². The van der Waals surface area contributed by atoms with E-state index < -0.39 is 0 Å². The maximum absolute atomic E-state index is 12.0. The molecule has 0 atom stereocenters. The average Bonchev–Trinajstić information content (AvgIpc) is 2.47. The first-order chi connectivity index (χ1) is 10.9. The van der Waals surface area contributed by atoms with Gasteiger partial charge >= 0.3 is 0 Å². The Morgan fingerprint density at radius 2 is 1.78 bits per heavy atom. The van der Waals surface area contributed by atoms with Gasteiger partial charge in [-0.1, -0.05) is 23.7 Å². The van der Waals surface area contributed by atoms with Gasteiger partial charge < -0.3 is 15.1 Å². The van der Waals surface area contributed by atoms with Crippen LogP contribution in [-0.4, -0.2) is 61.9 Å². The molecule has 0 fully saturated rings. The van der Waals surface area contributed by atoms with Crippen LogP contribution < -0.4 is 5.32 Å². The molecule has 0 saturated carbocycles. The van der Waals surface area contributed by atoms with Crippen LogP contribution in [0.2, 0.25) is 5.02 Å². The molecular weight excluding hydrogens is 314 g/mol. The van der Waals surface area contributed by atoms with Gasteiger partial charge in [-0.25, -0.2) is 0 Å². The largest absolute Gasteiger partial charge is 0.354 e. The van der Waals surface area contributed by atoms with E-state index in [1.54, 1.807) is 4.90 Å². The number of amides is 2. The van der Waals surface area contributed by atoms with Crippen molar-refractivity contribution in [3.05, 3.63) is 34.9 Å². The minimum atomic E-state index is -0.126. The number of nitrogens with one attached hydrogen (secondary N) is 1. The molecule has 0 unspecified atom stereocenters. The molecule has 1 aromatic rings. The third kappa shape index (κ3) is 8.57. The van der Waals surface area contributed by atoms with Crippen molar-refractivity contribution in [1.82, 2.24) is 15.1 Å². The Balaban J connectivity index is 2.31. The maximum Gasteiger partial charge on any atom is 0.239 e. The number of carbonyl (C=O) groups excluding carboxylic acids is 2. The van der Waals surface area contributed by atoms with E-state index in [1.807, 2.05) is 38.4 Å². The molecule has 23 heavy (non-hydrogen) atoms. The van der Waals surface area contributed by atoms with Crippen molar-refractivity contribution in [3.63, 3.8) is 0 Å². The minimum absolute atomic E-state index is 0.0726. The van der Waals surface area contributed by atoms with Crippen LogP contribution in [0.4, 0.5) is 0 Å². The first kappa shape index (κ1) is 19.5. The van der Waals surface area contributed by atoms with Gasteiger partial charge in [0.2, 0.25) is 11.8 Å². The normalized spacial score (nSPS) is 10.7. The lowest BCUT2D eigenvalue weighted by Gasteiger charge is -2.21. The maximum atomic E-state index is 12.0. The zero-order valence-corrected chi connectivity index (χ0v) is 14.9. The van der Waals surface area contributed by atoms with Crippen LogP contribution in [0.15, 0.2) is 24.3 Å². The van der Waals surface area contributed by atoms with Crippen LogP contribution in [0.3, 0.4) is 0 Å². The molecule has 0 aliphatic carbocycles. The summed E-state index contributed by atoms with van der Waals surface area (Å²) >= 11 is 5.83. The summed E-state index contributed by atoms with van der Waals surface area (Å²) in [6.45, 7) is 3.64. The van der Waals surface area contributed by atoms with E-state index in [4.69, 9.17) is 11.6 Å². The van der Waals surface area contributed by atoms with Gasteiger partial charge in [-0.05, 0) is 51.2 Å². The lowest BCUT2D eigenvalue weighted by Crippen LogP contribution is -2.41. The van der Waals surface area contributed by atoms with E-state index in [0.29, 0.717) is 18.1 Å². The number of hydrogen-bond acceptors (Lipinski definition) is 3. The fourth-order valence-electron chi connectivity index (χ4n) is 2.15. The molecule has 0 aromatic heterocycles. The minimum Gasteiger partial charge on any atom is -0.354 e. The number of hydrogen-bond donors (Lipinski definition) is 1. The highest BCUT2D eigenvalue weighted by Gasteiger charge is 2.13. The van der Waals surface area contributed by atoms with Crippen molar-refractivity contribution in [2.75, 3.05) is 40.3 Å². The molecule has 0 aliphatic heterocycles. The van der Waals surface area contributed by atoms with Crippen LogP contribution in [-0.2, 0) is 16.0 Å². The fraction of sp³-hybridized carbons (Fsp3) is 0.529. The smallest absolute Gasteiger partial charge is 0.239 e. The predicted octanol–water partition coefficient (Wildman–Crippen LogP) is 1.80. The Morgan fingerprint density at radius 1 is 1.13 bits per heavy atom. The molecule has 0 saturated heterocycles. The van der Waals surface area contributed by atoms with Crippen LogP contribution in [0.25, 0.3) is 0 Å². The number of benzene rings is 1. The van der Waals surface area contributed by atoms with Crippen molar-refractivity contribution in [2.45, 2.75) is 19.8 Å². The second kappa shape index (κ2) is 10.2. The van der Waals surface area contributed by atoms with E-state index in [2.05, 4.69) is 10.2 Å². The fourth-order valence-corrected chi connectivity index (χ4v) is 2.28. The molecule has 6 heteroatoms. The molecule has 0 bridgehead atoms. The summed E-state index contributed by atoms with van der Waals surface area (Å²) < 4.78 is 0. The molecule has 128 valence electrons. The molecule has 2 amide bonds. The van der Waals surface area contributed by atoms with Gasteiger partial charge in [0.25, 0.3) is 0 Å². The van der Waals surface area contributed by atoms with Crippen LogP contribution in [0.1, 0.15) is 18.9 Å². The highest BCUT2D eigenvalue weighted by molar-refractivity contribution is 6.30. The highest BCUT2D eigenvalue weighted by atomic mass is 35.5. The van der Waals surface area contributed by atoms with Gasteiger partial charge in [-0.15, -0.1) is 0 Å². The molecule has 1 aromatic carbocycles. The van der Waals surface area contributed by atoms with Gasteiger partial charge in [-0.2, -0.15) is 0 Å². The second-order valence-electron chi connectivity index (χ2n) is 5.82. The Bertz CT molecular complexity index is 503. The summed E-state index contributed by atoms with van der Waals surface area (Å²) in [6, 6.07) is 7.55. The highest BCUT2D eigenvalue weighted by Crippen LogP contribution is 2.09. The number of halogens is 1. The van der Waals surface area contributed by atoms with Gasteiger partial charge in [0.05, 0.1) is 6.54 Å². The van der Waals surface area contributed by atoms with Crippen molar-refractivity contribution in [3.8, 4) is 0 Å². The summed E-state index contributed by atoms with van der Waals surface area (Å²) in [5.74, 6) is -0.198. The average molecular weight is 340 g/mol. The van der Waals surface area contributed by atoms with Crippen molar-refractivity contribution >= 4 is 23.4 Å². The Kier molecular flexibility index (Phi) is 8.66. The van der Waals surface area contributed by atoms with E-state index in [9.17, 15) is 9.59 Å². The lowest BCUT2D eigenvalue weighted by atomic mass is 10.1. The van der Waals surface area contributed by atoms with E-state index in [0.717, 1.165) is 24.9 Å².